The summed E-state index contributed by atoms with van der Waals surface area (Å²) < 4.78 is 66.7. The van der Waals surface area contributed by atoms with Crippen LogP contribution in [0.4, 0.5) is 22.0 Å². The van der Waals surface area contributed by atoms with Crippen molar-refractivity contribution in [2.75, 3.05) is 7.11 Å². The van der Waals surface area contributed by atoms with Gasteiger partial charge in [-0.2, -0.15) is 13.2 Å². The number of carbonyl (C=O) groups is 1. The molecule has 0 aliphatic rings. The molecule has 19 heavy (non-hydrogen) atoms. The van der Waals surface area contributed by atoms with Gasteiger partial charge in [0.05, 0.1) is 30.4 Å². The van der Waals surface area contributed by atoms with Crippen molar-refractivity contribution in [1.82, 2.24) is 4.98 Å². The van der Waals surface area contributed by atoms with E-state index in [9.17, 15) is 26.7 Å². The maximum atomic E-state index is 12.8. The minimum Gasteiger partial charge on any atom is -0.469 e. The number of nitrogens with zero attached hydrogens (tertiary/aromatic N) is 1. The Bertz CT molecular complexity index is 490. The van der Waals surface area contributed by atoms with Crippen LogP contribution in [0, 0.1) is 0 Å². The third-order valence-electron chi connectivity index (χ3n) is 2.20. The molecule has 0 saturated heterocycles. The van der Waals surface area contributed by atoms with Crippen LogP contribution in [0.3, 0.4) is 0 Å². The smallest absolute Gasteiger partial charge is 0.418 e. The molecule has 9 heteroatoms. The van der Waals surface area contributed by atoms with E-state index in [-0.39, 0.29) is 0 Å². The first-order valence-corrected chi connectivity index (χ1v) is 5.57. The minimum absolute atomic E-state index is 0.397. The summed E-state index contributed by atoms with van der Waals surface area (Å²) in [5.74, 6) is -0.874. The highest BCUT2D eigenvalue weighted by molar-refractivity contribution is 9.10. The van der Waals surface area contributed by atoms with Crippen molar-refractivity contribution in [2.24, 2.45) is 0 Å². The second kappa shape index (κ2) is 5.81. The van der Waals surface area contributed by atoms with Crippen molar-refractivity contribution in [3.8, 4) is 0 Å². The van der Waals surface area contributed by atoms with E-state index in [1.165, 1.54) is 0 Å². The molecule has 1 aromatic rings. The molecule has 0 fully saturated rings. The van der Waals surface area contributed by atoms with E-state index < -0.39 is 46.3 Å². The second-order valence-electron chi connectivity index (χ2n) is 3.40. The van der Waals surface area contributed by atoms with Crippen LogP contribution >= 0.6 is 15.9 Å². The Morgan fingerprint density at radius 3 is 2.47 bits per heavy atom. The van der Waals surface area contributed by atoms with Crippen LogP contribution in [0.1, 0.15) is 23.2 Å². The summed E-state index contributed by atoms with van der Waals surface area (Å²) in [6.07, 6.45) is -8.26. The Morgan fingerprint density at radius 2 is 2.05 bits per heavy atom. The number of pyridine rings is 1. The standard InChI is InChI=1S/C10H7BrF5NO2/c1-19-6(18)2-5-7(9(12)13)8(11)4(3-17-5)10(14,15)16/h3,9H,2H2,1H3. The van der Waals surface area contributed by atoms with Gasteiger partial charge in [-0.15, -0.1) is 0 Å². The lowest BCUT2D eigenvalue weighted by atomic mass is 10.1. The second-order valence-corrected chi connectivity index (χ2v) is 4.19. The molecular formula is C10H7BrF5NO2. The van der Waals surface area contributed by atoms with Gasteiger partial charge in [-0.1, -0.05) is 0 Å². The third kappa shape index (κ3) is 3.62. The molecule has 1 aromatic heterocycles. The molecule has 0 aliphatic carbocycles. The average Bonchev–Trinajstić information content (AvgIpc) is 2.26. The SMILES string of the molecule is COC(=O)Cc1ncc(C(F)(F)F)c(Br)c1C(F)F. The largest absolute Gasteiger partial charge is 0.469 e. The number of hydrogen-bond acceptors (Lipinski definition) is 3. The highest BCUT2D eigenvalue weighted by Gasteiger charge is 2.36. The van der Waals surface area contributed by atoms with Gasteiger partial charge in [0.1, 0.15) is 0 Å². The zero-order chi connectivity index (χ0) is 14.8. The van der Waals surface area contributed by atoms with E-state index in [2.05, 4.69) is 25.7 Å². The van der Waals surface area contributed by atoms with E-state index in [0.29, 0.717) is 6.20 Å². The van der Waals surface area contributed by atoms with Gasteiger partial charge in [-0.3, -0.25) is 9.78 Å². The van der Waals surface area contributed by atoms with Crippen LogP contribution < -0.4 is 0 Å². The normalized spacial score (nSPS) is 11.8. The molecular weight excluding hydrogens is 341 g/mol. The molecule has 0 amide bonds. The summed E-state index contributed by atoms with van der Waals surface area (Å²) in [5.41, 5.74) is -2.74. The lowest BCUT2D eigenvalue weighted by Crippen LogP contribution is -2.14. The fraction of sp³-hybridized carbons (Fsp3) is 0.400. The van der Waals surface area contributed by atoms with Crippen LogP contribution in [0.25, 0.3) is 0 Å². The predicted octanol–water partition coefficient (Wildman–Crippen LogP) is 3.52. The molecule has 0 N–H and O–H groups in total. The Hall–Kier alpha value is -1.25. The summed E-state index contributed by atoms with van der Waals surface area (Å²) in [4.78, 5) is 14.3. The van der Waals surface area contributed by atoms with Crippen molar-refractivity contribution < 1.29 is 31.5 Å². The zero-order valence-electron chi connectivity index (χ0n) is 9.39. The molecule has 0 radical (unpaired) electrons. The zero-order valence-corrected chi connectivity index (χ0v) is 11.0. The topological polar surface area (TPSA) is 39.2 Å². The number of hydrogen-bond donors (Lipinski definition) is 0. The molecule has 0 unspecified atom stereocenters. The van der Waals surface area contributed by atoms with Gasteiger partial charge in [-0.25, -0.2) is 8.78 Å². The van der Waals surface area contributed by atoms with E-state index in [4.69, 9.17) is 0 Å². The van der Waals surface area contributed by atoms with Crippen LogP contribution in [0.15, 0.2) is 10.7 Å². The van der Waals surface area contributed by atoms with Gasteiger partial charge < -0.3 is 4.74 Å². The monoisotopic (exact) mass is 347 g/mol. The van der Waals surface area contributed by atoms with E-state index >= 15 is 0 Å². The Labute approximate surface area is 112 Å². The first-order valence-electron chi connectivity index (χ1n) is 4.78. The number of ether oxygens (including phenoxy) is 1. The van der Waals surface area contributed by atoms with Crippen LogP contribution in [0.5, 0.6) is 0 Å². The molecule has 1 heterocycles. The quantitative estimate of drug-likeness (QED) is 0.620. The number of aromatic nitrogens is 1. The van der Waals surface area contributed by atoms with Gasteiger partial charge in [0.25, 0.3) is 6.43 Å². The van der Waals surface area contributed by atoms with Crippen molar-refractivity contribution in [3.63, 3.8) is 0 Å². The molecule has 0 spiro atoms. The molecule has 1 rings (SSSR count). The summed E-state index contributed by atoms with van der Waals surface area (Å²) in [7, 11) is 1.03. The fourth-order valence-electron chi connectivity index (χ4n) is 1.31. The first-order chi connectivity index (χ1) is 8.68. The Balaban J connectivity index is 3.36. The Morgan fingerprint density at radius 1 is 1.47 bits per heavy atom. The van der Waals surface area contributed by atoms with E-state index in [1.807, 2.05) is 0 Å². The van der Waals surface area contributed by atoms with Crippen molar-refractivity contribution >= 4 is 21.9 Å². The number of methoxy groups -OCH3 is 1. The summed E-state index contributed by atoms with van der Waals surface area (Å²) in [6, 6.07) is 0. The maximum absolute atomic E-state index is 12.8. The first kappa shape index (κ1) is 15.8. The predicted molar refractivity (Wildman–Crippen MR) is 57.6 cm³/mol. The molecule has 0 aliphatic heterocycles. The average molecular weight is 348 g/mol. The molecule has 0 atom stereocenters. The summed E-state index contributed by atoms with van der Waals surface area (Å²) in [5, 5.41) is 0. The van der Waals surface area contributed by atoms with Crippen molar-refractivity contribution in [3.05, 3.63) is 27.5 Å². The molecule has 106 valence electrons. The van der Waals surface area contributed by atoms with Gasteiger partial charge in [0.15, 0.2) is 0 Å². The summed E-state index contributed by atoms with van der Waals surface area (Å²) >= 11 is 2.49. The van der Waals surface area contributed by atoms with Crippen LogP contribution in [-0.2, 0) is 22.1 Å². The number of halogens is 6. The maximum Gasteiger partial charge on any atom is 0.418 e. The highest BCUT2D eigenvalue weighted by Crippen LogP contribution is 2.40. The lowest BCUT2D eigenvalue weighted by Gasteiger charge is -2.15. The Kier molecular flexibility index (Phi) is 4.83. The highest BCUT2D eigenvalue weighted by atomic mass is 79.9. The number of rotatable bonds is 3. The molecule has 0 saturated carbocycles. The molecule has 0 aromatic carbocycles. The third-order valence-corrected chi connectivity index (χ3v) is 3.05. The number of esters is 1. The summed E-state index contributed by atoms with van der Waals surface area (Å²) in [6.45, 7) is 0. The minimum atomic E-state index is -4.82. The number of carbonyl (C=O) groups excluding carboxylic acids is 1. The fourth-order valence-corrected chi connectivity index (χ4v) is 2.04. The number of alkyl halides is 5. The van der Waals surface area contributed by atoms with Gasteiger partial charge in [-0.05, 0) is 15.9 Å². The van der Waals surface area contributed by atoms with Gasteiger partial charge >= 0.3 is 12.1 Å². The van der Waals surface area contributed by atoms with Gasteiger partial charge in [0.2, 0.25) is 0 Å². The van der Waals surface area contributed by atoms with E-state index in [0.717, 1.165) is 7.11 Å². The van der Waals surface area contributed by atoms with Crippen molar-refractivity contribution in [2.45, 2.75) is 19.0 Å². The van der Waals surface area contributed by atoms with Gasteiger partial charge in [0, 0.05) is 10.7 Å². The van der Waals surface area contributed by atoms with E-state index in [1.54, 1.807) is 0 Å². The van der Waals surface area contributed by atoms with Crippen LogP contribution in [-0.4, -0.2) is 18.1 Å². The van der Waals surface area contributed by atoms with Crippen molar-refractivity contribution in [1.29, 1.82) is 0 Å². The molecule has 3 nitrogen and oxygen atoms in total. The molecule has 0 bridgehead atoms. The lowest BCUT2D eigenvalue weighted by molar-refractivity contribution is -0.139. The van der Waals surface area contributed by atoms with Crippen LogP contribution in [0.2, 0.25) is 0 Å².